The second-order valence-corrected chi connectivity index (χ2v) is 3.43. The van der Waals surface area contributed by atoms with E-state index in [0.29, 0.717) is 4.88 Å². The molecule has 0 aliphatic rings. The summed E-state index contributed by atoms with van der Waals surface area (Å²) in [5.41, 5.74) is 0.752. The van der Waals surface area contributed by atoms with Gasteiger partial charge < -0.3 is 0 Å². The van der Waals surface area contributed by atoms with E-state index in [2.05, 4.69) is 10.2 Å². The summed E-state index contributed by atoms with van der Waals surface area (Å²) in [4.78, 5) is 13.3. The predicted molar refractivity (Wildman–Crippen MR) is 49.2 cm³/mol. The van der Waals surface area contributed by atoms with Crippen molar-refractivity contribution in [1.29, 1.82) is 0 Å². The van der Waals surface area contributed by atoms with E-state index in [4.69, 9.17) is 0 Å². The Labute approximate surface area is 78.8 Å². The molecule has 0 amide bonds. The molecule has 0 spiro atoms. The van der Waals surface area contributed by atoms with Crippen LogP contribution in [-0.4, -0.2) is 20.8 Å². The third-order valence-electron chi connectivity index (χ3n) is 1.60. The predicted octanol–water partition coefficient (Wildman–Crippen LogP) is 1.53. The number of ketones is 1. The van der Waals surface area contributed by atoms with E-state index in [1.54, 1.807) is 19.3 Å². The molecule has 13 heavy (non-hydrogen) atoms. The van der Waals surface area contributed by atoms with E-state index >= 15 is 0 Å². The fourth-order valence-electron chi connectivity index (χ4n) is 1.06. The van der Waals surface area contributed by atoms with Crippen molar-refractivity contribution in [1.82, 2.24) is 15.0 Å². The van der Waals surface area contributed by atoms with Crippen LogP contribution in [0.15, 0.2) is 23.8 Å². The standard InChI is InChI=1S/C8H7N3OS/c1-6(12)8-7(2-5-13-8)11-9-3-4-10-11/h2-5H,1H3. The monoisotopic (exact) mass is 193 g/mol. The van der Waals surface area contributed by atoms with Crippen LogP contribution in [0.25, 0.3) is 5.69 Å². The number of nitrogens with zero attached hydrogens (tertiary/aromatic N) is 3. The summed E-state index contributed by atoms with van der Waals surface area (Å²) in [7, 11) is 0. The van der Waals surface area contributed by atoms with Crippen molar-refractivity contribution in [2.24, 2.45) is 0 Å². The summed E-state index contributed by atoms with van der Waals surface area (Å²) in [6, 6.07) is 1.83. The smallest absolute Gasteiger partial charge is 0.171 e. The lowest BCUT2D eigenvalue weighted by molar-refractivity contribution is 0.102. The van der Waals surface area contributed by atoms with Gasteiger partial charge in [-0.3, -0.25) is 4.79 Å². The van der Waals surface area contributed by atoms with Gasteiger partial charge >= 0.3 is 0 Å². The molecule has 0 aliphatic carbocycles. The zero-order chi connectivity index (χ0) is 9.26. The number of hydrogen-bond acceptors (Lipinski definition) is 4. The highest BCUT2D eigenvalue weighted by atomic mass is 32.1. The first-order valence-corrected chi connectivity index (χ1v) is 4.62. The number of aromatic nitrogens is 3. The topological polar surface area (TPSA) is 47.8 Å². The molecule has 0 unspecified atom stereocenters. The fourth-order valence-corrected chi connectivity index (χ4v) is 1.83. The lowest BCUT2D eigenvalue weighted by atomic mass is 10.3. The van der Waals surface area contributed by atoms with Crippen LogP contribution in [0.4, 0.5) is 0 Å². The van der Waals surface area contributed by atoms with Crippen LogP contribution >= 0.6 is 11.3 Å². The number of carbonyl (C=O) groups is 1. The van der Waals surface area contributed by atoms with E-state index in [-0.39, 0.29) is 5.78 Å². The average Bonchev–Trinajstić information content (AvgIpc) is 2.74. The van der Waals surface area contributed by atoms with Crippen LogP contribution in [0.1, 0.15) is 16.6 Å². The van der Waals surface area contributed by atoms with E-state index in [1.807, 2.05) is 11.4 Å². The molecule has 2 heterocycles. The molecule has 0 aromatic carbocycles. The lowest BCUT2D eigenvalue weighted by Gasteiger charge is -1.97. The summed E-state index contributed by atoms with van der Waals surface area (Å²) in [5.74, 6) is 0.0438. The van der Waals surface area contributed by atoms with Gasteiger partial charge in [0, 0.05) is 6.92 Å². The molecule has 4 nitrogen and oxygen atoms in total. The summed E-state index contributed by atoms with van der Waals surface area (Å²) < 4.78 is 0. The maximum atomic E-state index is 11.2. The van der Waals surface area contributed by atoms with Gasteiger partial charge in [-0.2, -0.15) is 15.0 Å². The molecule has 2 aromatic heterocycles. The Morgan fingerprint density at radius 2 is 2.15 bits per heavy atom. The van der Waals surface area contributed by atoms with Gasteiger partial charge in [-0.1, -0.05) is 0 Å². The minimum Gasteiger partial charge on any atom is -0.294 e. The zero-order valence-electron chi connectivity index (χ0n) is 6.97. The Morgan fingerprint density at radius 1 is 1.46 bits per heavy atom. The second-order valence-electron chi connectivity index (χ2n) is 2.51. The summed E-state index contributed by atoms with van der Waals surface area (Å²) >= 11 is 1.41. The van der Waals surface area contributed by atoms with E-state index in [0.717, 1.165) is 5.69 Å². The first-order chi connectivity index (χ1) is 6.29. The summed E-state index contributed by atoms with van der Waals surface area (Å²) in [6.45, 7) is 1.54. The maximum Gasteiger partial charge on any atom is 0.171 e. The van der Waals surface area contributed by atoms with Gasteiger partial charge in [0.15, 0.2) is 5.78 Å². The van der Waals surface area contributed by atoms with Crippen molar-refractivity contribution in [3.05, 3.63) is 28.7 Å². The molecule has 0 radical (unpaired) electrons. The summed E-state index contributed by atoms with van der Waals surface area (Å²) in [5, 5.41) is 9.78. The van der Waals surface area contributed by atoms with Gasteiger partial charge in [0.05, 0.1) is 17.3 Å². The number of thiophene rings is 1. The van der Waals surface area contributed by atoms with Crippen molar-refractivity contribution in [2.75, 3.05) is 0 Å². The fraction of sp³-hybridized carbons (Fsp3) is 0.125. The molecule has 5 heteroatoms. The van der Waals surface area contributed by atoms with Gasteiger partial charge in [-0.25, -0.2) is 0 Å². The Morgan fingerprint density at radius 3 is 2.77 bits per heavy atom. The third-order valence-corrected chi connectivity index (χ3v) is 2.60. The van der Waals surface area contributed by atoms with Crippen LogP contribution in [-0.2, 0) is 0 Å². The first-order valence-electron chi connectivity index (χ1n) is 3.74. The van der Waals surface area contributed by atoms with Crippen LogP contribution in [0.2, 0.25) is 0 Å². The Kier molecular flexibility index (Phi) is 1.94. The lowest BCUT2D eigenvalue weighted by Crippen LogP contribution is -2.02. The van der Waals surface area contributed by atoms with E-state index in [1.165, 1.54) is 16.1 Å². The molecule has 0 N–H and O–H groups in total. The number of hydrogen-bond donors (Lipinski definition) is 0. The molecular formula is C8H7N3OS. The SMILES string of the molecule is CC(=O)c1sccc1-n1nccn1. The second kappa shape index (κ2) is 3.10. The van der Waals surface area contributed by atoms with Gasteiger partial charge in [0.1, 0.15) is 5.69 Å². The minimum absolute atomic E-state index is 0.0438. The van der Waals surface area contributed by atoms with Crippen LogP contribution in [0.3, 0.4) is 0 Å². The van der Waals surface area contributed by atoms with Crippen molar-refractivity contribution in [2.45, 2.75) is 6.92 Å². The quantitative estimate of drug-likeness (QED) is 0.679. The molecular weight excluding hydrogens is 186 g/mol. The number of carbonyl (C=O) groups excluding carboxylic acids is 1. The van der Waals surface area contributed by atoms with Gasteiger partial charge in [-0.15, -0.1) is 11.3 Å². The number of rotatable bonds is 2. The highest BCUT2D eigenvalue weighted by molar-refractivity contribution is 7.12. The van der Waals surface area contributed by atoms with Crippen molar-refractivity contribution >= 4 is 17.1 Å². The van der Waals surface area contributed by atoms with Crippen LogP contribution in [0, 0.1) is 0 Å². The molecule has 0 atom stereocenters. The molecule has 0 bridgehead atoms. The normalized spacial score (nSPS) is 10.2. The Hall–Kier alpha value is -1.49. The van der Waals surface area contributed by atoms with Crippen molar-refractivity contribution in [3.8, 4) is 5.69 Å². The molecule has 0 saturated carbocycles. The van der Waals surface area contributed by atoms with Gasteiger partial charge in [0.2, 0.25) is 0 Å². The van der Waals surface area contributed by atoms with Gasteiger partial charge in [-0.05, 0) is 11.4 Å². The molecule has 0 aliphatic heterocycles. The zero-order valence-corrected chi connectivity index (χ0v) is 7.78. The van der Waals surface area contributed by atoms with Crippen LogP contribution in [0.5, 0.6) is 0 Å². The molecule has 66 valence electrons. The molecule has 0 saturated heterocycles. The first kappa shape index (κ1) is 8.12. The number of Topliss-reactive ketones (excluding diaryl/α,β-unsaturated/α-hetero) is 1. The molecule has 2 rings (SSSR count). The molecule has 0 fully saturated rings. The van der Waals surface area contributed by atoms with Crippen LogP contribution < -0.4 is 0 Å². The van der Waals surface area contributed by atoms with Crippen molar-refractivity contribution < 1.29 is 4.79 Å². The largest absolute Gasteiger partial charge is 0.294 e. The molecule has 2 aromatic rings. The highest BCUT2D eigenvalue weighted by Crippen LogP contribution is 2.19. The van der Waals surface area contributed by atoms with E-state index < -0.39 is 0 Å². The maximum absolute atomic E-state index is 11.2. The highest BCUT2D eigenvalue weighted by Gasteiger charge is 2.10. The summed E-state index contributed by atoms with van der Waals surface area (Å²) in [6.07, 6.45) is 3.17. The van der Waals surface area contributed by atoms with Gasteiger partial charge in [0.25, 0.3) is 0 Å². The van der Waals surface area contributed by atoms with Crippen molar-refractivity contribution in [3.63, 3.8) is 0 Å². The minimum atomic E-state index is 0.0438. The Balaban J connectivity index is 2.52. The Bertz CT molecular complexity index is 418. The average molecular weight is 193 g/mol. The van der Waals surface area contributed by atoms with E-state index in [9.17, 15) is 4.79 Å². The third kappa shape index (κ3) is 1.38.